The molecule has 3 aromatic rings. The smallest absolute Gasteiger partial charge is 0.349 e. The second kappa shape index (κ2) is 7.31. The molecule has 1 fully saturated rings. The van der Waals surface area contributed by atoms with E-state index in [1.165, 1.54) is 28.8 Å². The average Bonchev–Trinajstić information content (AvgIpc) is 3.34. The van der Waals surface area contributed by atoms with Gasteiger partial charge in [0.2, 0.25) is 10.0 Å². The number of rotatable bonds is 4. The molecule has 1 aliphatic rings. The molecule has 2 aromatic heterocycles. The van der Waals surface area contributed by atoms with Crippen LogP contribution >= 0.6 is 22.7 Å². The van der Waals surface area contributed by atoms with Gasteiger partial charge in [-0.05, 0) is 36.4 Å². The highest BCUT2D eigenvalue weighted by atomic mass is 32.2. The van der Waals surface area contributed by atoms with E-state index in [-0.39, 0.29) is 15.8 Å². The second-order valence-electron chi connectivity index (χ2n) is 6.25. The number of thiazole rings is 1. The van der Waals surface area contributed by atoms with E-state index in [0.29, 0.717) is 6.54 Å². The van der Waals surface area contributed by atoms with Gasteiger partial charge in [-0.1, -0.05) is 18.6 Å². The Hall–Kier alpha value is -1.81. The number of aromatic nitrogens is 1. The minimum atomic E-state index is -3.83. The third-order valence-electron chi connectivity index (χ3n) is 4.64. The zero-order chi connectivity index (χ0) is 19.0. The van der Waals surface area contributed by atoms with Crippen molar-refractivity contribution in [1.82, 2.24) is 9.29 Å². The number of benzene rings is 1. The largest absolute Gasteiger partial charge is 0.465 e. The first kappa shape index (κ1) is 18.5. The van der Waals surface area contributed by atoms with Gasteiger partial charge in [0.25, 0.3) is 0 Å². The number of carbonyl (C=O) groups excluding carboxylic acids is 1. The first-order valence-electron chi connectivity index (χ1n) is 8.55. The first-order chi connectivity index (χ1) is 13.0. The molecular formula is C18H18N2O4S3. The maximum atomic E-state index is 13.4. The third kappa shape index (κ3) is 3.29. The van der Waals surface area contributed by atoms with Gasteiger partial charge in [0.15, 0.2) is 0 Å². The molecule has 0 saturated carbocycles. The topological polar surface area (TPSA) is 76.6 Å². The summed E-state index contributed by atoms with van der Waals surface area (Å²) in [5.41, 5.74) is 0.881. The summed E-state index contributed by atoms with van der Waals surface area (Å²) in [5, 5.41) is 2.41. The summed E-state index contributed by atoms with van der Waals surface area (Å²) >= 11 is 2.61. The Morgan fingerprint density at radius 1 is 1.26 bits per heavy atom. The lowest BCUT2D eigenvalue weighted by molar-refractivity contribution is 0.0602. The fourth-order valence-electron chi connectivity index (χ4n) is 3.34. The van der Waals surface area contributed by atoms with Crippen LogP contribution in [0.5, 0.6) is 0 Å². The molecule has 0 aliphatic carbocycles. The highest BCUT2D eigenvalue weighted by Crippen LogP contribution is 2.39. The van der Waals surface area contributed by atoms with Gasteiger partial charge in [-0.15, -0.1) is 22.7 Å². The molecule has 1 saturated heterocycles. The van der Waals surface area contributed by atoms with Crippen molar-refractivity contribution < 1.29 is 17.9 Å². The highest BCUT2D eigenvalue weighted by molar-refractivity contribution is 7.89. The third-order valence-corrected chi connectivity index (χ3v) is 8.75. The number of hydrogen-bond acceptors (Lipinski definition) is 7. The fourth-order valence-corrected chi connectivity index (χ4v) is 7.49. The molecule has 3 heterocycles. The predicted octanol–water partition coefficient (Wildman–Crippen LogP) is 4.06. The van der Waals surface area contributed by atoms with Crippen molar-refractivity contribution in [1.29, 1.82) is 0 Å². The number of thiophene rings is 1. The van der Waals surface area contributed by atoms with E-state index in [0.717, 1.165) is 45.8 Å². The zero-order valence-corrected chi connectivity index (χ0v) is 17.1. The number of ether oxygens (including phenoxy) is 1. The van der Waals surface area contributed by atoms with Crippen LogP contribution in [0, 0.1) is 0 Å². The molecule has 142 valence electrons. The van der Waals surface area contributed by atoms with Gasteiger partial charge >= 0.3 is 5.97 Å². The van der Waals surface area contributed by atoms with Gasteiger partial charge in [0, 0.05) is 6.54 Å². The van der Waals surface area contributed by atoms with E-state index in [4.69, 9.17) is 4.74 Å². The molecule has 1 aliphatic heterocycles. The van der Waals surface area contributed by atoms with Crippen LogP contribution in [0.4, 0.5) is 0 Å². The van der Waals surface area contributed by atoms with Crippen LogP contribution in [-0.4, -0.2) is 37.3 Å². The summed E-state index contributed by atoms with van der Waals surface area (Å²) in [4.78, 5) is 16.8. The van der Waals surface area contributed by atoms with E-state index in [9.17, 15) is 13.2 Å². The summed E-state index contributed by atoms with van der Waals surface area (Å²) in [6.07, 6.45) is 2.45. The Kier molecular flexibility index (Phi) is 5.02. The molecule has 0 spiro atoms. The summed E-state index contributed by atoms with van der Waals surface area (Å²) in [5.74, 6) is -0.628. The maximum absolute atomic E-state index is 13.4. The van der Waals surface area contributed by atoms with Gasteiger partial charge < -0.3 is 4.74 Å². The van der Waals surface area contributed by atoms with Crippen LogP contribution < -0.4 is 0 Å². The predicted molar refractivity (Wildman–Crippen MR) is 106 cm³/mol. The normalized spacial score (nSPS) is 18.6. The number of nitrogens with zero attached hydrogens (tertiary/aromatic N) is 2. The van der Waals surface area contributed by atoms with E-state index >= 15 is 0 Å². The number of esters is 1. The number of piperidine rings is 1. The van der Waals surface area contributed by atoms with Crippen LogP contribution in [0.25, 0.3) is 10.2 Å². The molecular weight excluding hydrogens is 404 g/mol. The molecule has 4 rings (SSSR count). The fraction of sp³-hybridized carbons (Fsp3) is 0.333. The molecule has 9 heteroatoms. The molecule has 6 nitrogen and oxygen atoms in total. The van der Waals surface area contributed by atoms with Crippen LogP contribution in [-0.2, 0) is 14.8 Å². The van der Waals surface area contributed by atoms with E-state index in [1.807, 2.05) is 24.3 Å². The zero-order valence-electron chi connectivity index (χ0n) is 14.6. The average molecular weight is 423 g/mol. The van der Waals surface area contributed by atoms with Crippen molar-refractivity contribution in [2.75, 3.05) is 13.7 Å². The lowest BCUT2D eigenvalue weighted by atomic mass is 10.1. The minimum Gasteiger partial charge on any atom is -0.465 e. The maximum Gasteiger partial charge on any atom is 0.349 e. The molecule has 27 heavy (non-hydrogen) atoms. The summed E-state index contributed by atoms with van der Waals surface area (Å²) in [7, 11) is -2.58. The minimum absolute atomic E-state index is 0.0207. The lowest BCUT2D eigenvalue weighted by Crippen LogP contribution is -2.38. The van der Waals surface area contributed by atoms with Gasteiger partial charge in [-0.3, -0.25) is 0 Å². The van der Waals surface area contributed by atoms with Gasteiger partial charge in [-0.25, -0.2) is 18.2 Å². The monoisotopic (exact) mass is 422 g/mol. The summed E-state index contributed by atoms with van der Waals surface area (Å²) in [6, 6.07) is 8.98. The molecule has 1 aromatic carbocycles. The van der Waals surface area contributed by atoms with Gasteiger partial charge in [-0.2, -0.15) is 4.31 Å². The van der Waals surface area contributed by atoms with E-state index in [2.05, 4.69) is 4.98 Å². The number of carbonyl (C=O) groups is 1. The number of hydrogen-bond donors (Lipinski definition) is 0. The number of para-hydroxylation sites is 1. The lowest BCUT2D eigenvalue weighted by Gasteiger charge is -2.33. The van der Waals surface area contributed by atoms with Crippen LogP contribution in [0.2, 0.25) is 0 Å². The van der Waals surface area contributed by atoms with Crippen molar-refractivity contribution in [2.45, 2.75) is 30.2 Å². The van der Waals surface area contributed by atoms with Crippen LogP contribution in [0.3, 0.4) is 0 Å². The summed E-state index contributed by atoms with van der Waals surface area (Å²) in [6.45, 7) is 0.416. The van der Waals surface area contributed by atoms with Crippen LogP contribution in [0.15, 0.2) is 40.6 Å². The molecule has 0 N–H and O–H groups in total. The van der Waals surface area contributed by atoms with E-state index < -0.39 is 16.0 Å². The SMILES string of the molecule is COC(=O)c1sccc1S(=O)(=O)N1CCCCC1c1nc2ccccc2s1. The Morgan fingerprint density at radius 3 is 2.85 bits per heavy atom. The number of fused-ring (bicyclic) bond motifs is 1. The Bertz CT molecular complexity index is 1050. The molecule has 1 unspecified atom stereocenters. The Balaban J connectivity index is 1.76. The van der Waals surface area contributed by atoms with Crippen molar-refractivity contribution in [2.24, 2.45) is 0 Å². The summed E-state index contributed by atoms with van der Waals surface area (Å²) < 4.78 is 34.1. The van der Waals surface area contributed by atoms with Crippen molar-refractivity contribution in [3.05, 3.63) is 45.6 Å². The molecule has 0 radical (unpaired) electrons. The molecule has 1 atom stereocenters. The standard InChI is InChI=1S/C18H18N2O4S3/c1-24-18(21)16-15(9-11-25-16)27(22,23)20-10-5-4-7-13(20)17-19-12-6-2-3-8-14(12)26-17/h2-3,6,8-9,11,13H,4-5,7,10H2,1H3. The quantitative estimate of drug-likeness (QED) is 0.593. The van der Waals surface area contributed by atoms with Crippen molar-refractivity contribution in [3.63, 3.8) is 0 Å². The second-order valence-corrected chi connectivity index (χ2v) is 10.1. The Morgan fingerprint density at radius 2 is 2.07 bits per heavy atom. The Labute approximate surface area is 165 Å². The number of methoxy groups -OCH3 is 1. The van der Waals surface area contributed by atoms with Gasteiger partial charge in [0.1, 0.15) is 14.8 Å². The first-order valence-corrected chi connectivity index (χ1v) is 11.7. The van der Waals surface area contributed by atoms with Gasteiger partial charge in [0.05, 0.1) is 23.4 Å². The van der Waals surface area contributed by atoms with Crippen molar-refractivity contribution >= 4 is 48.9 Å². The highest BCUT2D eigenvalue weighted by Gasteiger charge is 2.38. The van der Waals surface area contributed by atoms with Crippen molar-refractivity contribution in [3.8, 4) is 0 Å². The molecule has 0 bridgehead atoms. The number of sulfonamides is 1. The molecule has 0 amide bonds. The van der Waals surface area contributed by atoms with Crippen LogP contribution in [0.1, 0.15) is 40.0 Å². The van der Waals surface area contributed by atoms with E-state index in [1.54, 1.807) is 5.38 Å².